The van der Waals surface area contributed by atoms with E-state index in [4.69, 9.17) is 5.73 Å². The monoisotopic (exact) mass is 245 g/mol. The molecule has 2 unspecified atom stereocenters. The largest absolute Gasteiger partial charge is 0.327 e. The Bertz CT molecular complexity index is 468. The van der Waals surface area contributed by atoms with Crippen LogP contribution in [-0.2, 0) is 5.41 Å². The van der Waals surface area contributed by atoms with Gasteiger partial charge in [0.25, 0.3) is 0 Å². The molecular weight excluding hydrogens is 225 g/mol. The van der Waals surface area contributed by atoms with E-state index < -0.39 is 0 Å². The molecule has 2 heteroatoms. The highest BCUT2D eigenvalue weighted by atomic mass is 19.1. The summed E-state index contributed by atoms with van der Waals surface area (Å²) < 4.78 is 13.5. The van der Waals surface area contributed by atoms with Crippen molar-refractivity contribution in [1.82, 2.24) is 0 Å². The maximum atomic E-state index is 13.5. The van der Waals surface area contributed by atoms with Gasteiger partial charge in [0.05, 0.1) is 0 Å². The van der Waals surface area contributed by atoms with Crippen LogP contribution in [0.1, 0.15) is 37.7 Å². The van der Waals surface area contributed by atoms with Gasteiger partial charge in [-0.1, -0.05) is 12.1 Å². The fraction of sp³-hybridized carbons (Fsp3) is 0.625. The number of benzene rings is 1. The van der Waals surface area contributed by atoms with Crippen LogP contribution in [0.5, 0.6) is 0 Å². The molecule has 1 nitrogen and oxygen atoms in total. The van der Waals surface area contributed by atoms with E-state index in [2.05, 4.69) is 6.07 Å². The molecule has 2 N–H and O–H groups in total. The van der Waals surface area contributed by atoms with Crippen LogP contribution in [0.15, 0.2) is 24.3 Å². The van der Waals surface area contributed by atoms with E-state index in [0.29, 0.717) is 17.9 Å². The molecule has 1 aromatic rings. The van der Waals surface area contributed by atoms with Crippen LogP contribution in [0.2, 0.25) is 0 Å². The molecule has 4 aliphatic carbocycles. The third-order valence-corrected chi connectivity index (χ3v) is 5.78. The quantitative estimate of drug-likeness (QED) is 0.807. The van der Waals surface area contributed by atoms with Gasteiger partial charge in [0.15, 0.2) is 0 Å². The number of nitrogens with two attached hydrogens (primary N) is 1. The average Bonchev–Trinajstić information content (AvgIpc) is 2.35. The molecule has 0 heterocycles. The van der Waals surface area contributed by atoms with Crippen molar-refractivity contribution >= 4 is 0 Å². The first-order chi connectivity index (χ1) is 8.66. The smallest absolute Gasteiger partial charge is 0.123 e. The van der Waals surface area contributed by atoms with Crippen LogP contribution in [-0.4, -0.2) is 6.04 Å². The number of rotatable bonds is 1. The summed E-state index contributed by atoms with van der Waals surface area (Å²) in [5.41, 5.74) is 7.83. The molecule has 4 aliphatic rings. The van der Waals surface area contributed by atoms with Gasteiger partial charge in [-0.2, -0.15) is 0 Å². The first-order valence-electron chi connectivity index (χ1n) is 7.18. The number of hydrogen-bond acceptors (Lipinski definition) is 1. The minimum atomic E-state index is -0.0902. The van der Waals surface area contributed by atoms with E-state index in [-0.39, 0.29) is 11.2 Å². The molecule has 0 aromatic heterocycles. The van der Waals surface area contributed by atoms with Crippen molar-refractivity contribution < 1.29 is 4.39 Å². The van der Waals surface area contributed by atoms with Crippen molar-refractivity contribution in [1.29, 1.82) is 0 Å². The summed E-state index contributed by atoms with van der Waals surface area (Å²) in [6.07, 6.45) is 6.26. The molecule has 0 amide bonds. The minimum Gasteiger partial charge on any atom is -0.327 e. The fourth-order valence-corrected chi connectivity index (χ4v) is 5.24. The standard InChI is InChI=1S/C16H20FN/c17-14-3-1-2-13(6-14)16-7-10-4-11(8-16)15(18)12(5-10)9-16/h1-3,6,10-12,15H,4-5,7-9,18H2. The third-order valence-electron chi connectivity index (χ3n) is 5.78. The van der Waals surface area contributed by atoms with Gasteiger partial charge in [-0.15, -0.1) is 0 Å². The second-order valence-electron chi connectivity index (χ2n) is 6.84. The topological polar surface area (TPSA) is 26.0 Å². The Hall–Kier alpha value is -0.890. The number of halogens is 1. The third kappa shape index (κ3) is 1.41. The van der Waals surface area contributed by atoms with Gasteiger partial charge in [0.1, 0.15) is 5.82 Å². The van der Waals surface area contributed by atoms with E-state index in [1.807, 2.05) is 6.07 Å². The van der Waals surface area contributed by atoms with Crippen LogP contribution in [0.4, 0.5) is 4.39 Å². The second kappa shape index (κ2) is 3.57. The Morgan fingerprint density at radius 3 is 2.50 bits per heavy atom. The van der Waals surface area contributed by atoms with Crippen molar-refractivity contribution in [2.75, 3.05) is 0 Å². The Morgan fingerprint density at radius 2 is 1.83 bits per heavy atom. The lowest BCUT2D eigenvalue weighted by Gasteiger charge is -2.59. The van der Waals surface area contributed by atoms with Gasteiger partial charge < -0.3 is 5.73 Å². The molecule has 18 heavy (non-hydrogen) atoms. The van der Waals surface area contributed by atoms with Gasteiger partial charge in [-0.05, 0) is 73.0 Å². The van der Waals surface area contributed by atoms with E-state index >= 15 is 0 Å². The summed E-state index contributed by atoms with van der Waals surface area (Å²) in [7, 11) is 0. The molecule has 0 aliphatic heterocycles. The molecule has 0 radical (unpaired) electrons. The summed E-state index contributed by atoms with van der Waals surface area (Å²) in [6, 6.07) is 7.71. The highest BCUT2D eigenvalue weighted by molar-refractivity contribution is 5.30. The lowest BCUT2D eigenvalue weighted by Crippen LogP contribution is -2.58. The predicted molar refractivity (Wildman–Crippen MR) is 69.6 cm³/mol. The summed E-state index contributed by atoms with van der Waals surface area (Å²) in [5.74, 6) is 2.11. The Balaban J connectivity index is 1.76. The maximum Gasteiger partial charge on any atom is 0.123 e. The SMILES string of the molecule is NC1C2CC3CC1CC(c1cccc(F)c1)(C3)C2. The summed E-state index contributed by atoms with van der Waals surface area (Å²) in [6.45, 7) is 0. The van der Waals surface area contributed by atoms with E-state index in [9.17, 15) is 4.39 Å². The van der Waals surface area contributed by atoms with Crippen molar-refractivity contribution in [3.05, 3.63) is 35.6 Å². The van der Waals surface area contributed by atoms with Crippen molar-refractivity contribution in [2.45, 2.75) is 43.6 Å². The Labute approximate surface area is 108 Å². The molecule has 4 saturated carbocycles. The van der Waals surface area contributed by atoms with Crippen molar-refractivity contribution in [2.24, 2.45) is 23.5 Å². The zero-order valence-electron chi connectivity index (χ0n) is 10.6. The molecule has 0 spiro atoms. The van der Waals surface area contributed by atoms with Gasteiger partial charge >= 0.3 is 0 Å². The molecular formula is C16H20FN. The minimum absolute atomic E-state index is 0.0902. The highest BCUT2D eigenvalue weighted by Gasteiger charge is 2.54. The van der Waals surface area contributed by atoms with Gasteiger partial charge in [0, 0.05) is 6.04 Å². The first kappa shape index (κ1) is 11.0. The first-order valence-corrected chi connectivity index (χ1v) is 7.18. The average molecular weight is 245 g/mol. The van der Waals surface area contributed by atoms with Crippen LogP contribution in [0.3, 0.4) is 0 Å². The lowest BCUT2D eigenvalue weighted by atomic mass is 9.46. The van der Waals surface area contributed by atoms with Crippen molar-refractivity contribution in [3.63, 3.8) is 0 Å². The highest BCUT2D eigenvalue weighted by Crippen LogP contribution is 2.60. The van der Waals surface area contributed by atoms with Crippen LogP contribution in [0.25, 0.3) is 0 Å². The van der Waals surface area contributed by atoms with Crippen LogP contribution < -0.4 is 5.73 Å². The zero-order valence-corrected chi connectivity index (χ0v) is 10.6. The maximum absolute atomic E-state index is 13.5. The number of hydrogen-bond donors (Lipinski definition) is 1. The van der Waals surface area contributed by atoms with E-state index in [0.717, 1.165) is 5.92 Å². The Kier molecular flexibility index (Phi) is 2.18. The van der Waals surface area contributed by atoms with Crippen molar-refractivity contribution in [3.8, 4) is 0 Å². The summed E-state index contributed by atoms with van der Waals surface area (Å²) in [5, 5.41) is 0. The van der Waals surface area contributed by atoms with Gasteiger partial charge in [-0.25, -0.2) is 4.39 Å². The fourth-order valence-electron chi connectivity index (χ4n) is 5.24. The van der Waals surface area contributed by atoms with E-state index in [1.54, 1.807) is 12.1 Å². The van der Waals surface area contributed by atoms with E-state index in [1.165, 1.54) is 37.7 Å². The molecule has 4 fully saturated rings. The van der Waals surface area contributed by atoms with Crippen LogP contribution in [0, 0.1) is 23.6 Å². The van der Waals surface area contributed by atoms with Crippen LogP contribution >= 0.6 is 0 Å². The predicted octanol–water partition coefficient (Wildman–Crippen LogP) is 3.23. The zero-order chi connectivity index (χ0) is 12.3. The molecule has 5 rings (SSSR count). The molecule has 2 atom stereocenters. The normalized spacial score (nSPS) is 45.4. The second-order valence-corrected chi connectivity index (χ2v) is 6.84. The van der Waals surface area contributed by atoms with Gasteiger partial charge in [-0.3, -0.25) is 0 Å². The molecule has 0 saturated heterocycles. The molecule has 96 valence electrons. The molecule has 1 aromatic carbocycles. The van der Waals surface area contributed by atoms with Gasteiger partial charge in [0.2, 0.25) is 0 Å². The summed E-state index contributed by atoms with van der Waals surface area (Å²) >= 11 is 0. The summed E-state index contributed by atoms with van der Waals surface area (Å²) in [4.78, 5) is 0. The Morgan fingerprint density at radius 1 is 1.11 bits per heavy atom. The lowest BCUT2D eigenvalue weighted by molar-refractivity contribution is -0.0227. The molecule has 4 bridgehead atoms.